The van der Waals surface area contributed by atoms with Crippen molar-refractivity contribution in [3.8, 4) is 0 Å². The molecule has 8 heteroatoms. The maximum Gasteiger partial charge on any atom is 0.245 e. The predicted molar refractivity (Wildman–Crippen MR) is 62.2 cm³/mol. The van der Waals surface area contributed by atoms with Crippen LogP contribution >= 0.6 is 0 Å². The van der Waals surface area contributed by atoms with E-state index in [9.17, 15) is 13.2 Å². The van der Waals surface area contributed by atoms with E-state index >= 15 is 0 Å². The smallest absolute Gasteiger partial charge is 0.245 e. The van der Waals surface area contributed by atoms with Gasteiger partial charge in [0.15, 0.2) is 0 Å². The van der Waals surface area contributed by atoms with Crippen molar-refractivity contribution in [2.45, 2.75) is 24.3 Å². The maximum atomic E-state index is 11.9. The molecule has 1 aromatic rings. The number of sulfonamides is 1. The van der Waals surface area contributed by atoms with Crippen LogP contribution in [0.1, 0.15) is 13.8 Å². The minimum atomic E-state index is -3.93. The zero-order valence-electron chi connectivity index (χ0n) is 9.47. The van der Waals surface area contributed by atoms with Crippen molar-refractivity contribution in [1.29, 1.82) is 0 Å². The summed E-state index contributed by atoms with van der Waals surface area (Å²) in [4.78, 5) is 14.5. The van der Waals surface area contributed by atoms with Crippen LogP contribution in [0.4, 0.5) is 5.69 Å². The summed E-state index contributed by atoms with van der Waals surface area (Å²) in [5, 5.41) is 0. The second-order valence-corrected chi connectivity index (χ2v) is 5.66. The van der Waals surface area contributed by atoms with Gasteiger partial charge in [-0.25, -0.2) is 8.42 Å². The summed E-state index contributed by atoms with van der Waals surface area (Å²) < 4.78 is 26.0. The SMILES string of the molecule is CC(C)(NS(=O)(=O)c1cnccc1N)C(N)=O. The minimum Gasteiger partial charge on any atom is -0.398 e. The van der Waals surface area contributed by atoms with E-state index in [-0.39, 0.29) is 10.6 Å². The number of hydrogen-bond donors (Lipinski definition) is 3. The second kappa shape index (κ2) is 4.30. The molecule has 0 aliphatic carbocycles. The molecule has 7 nitrogen and oxygen atoms in total. The van der Waals surface area contributed by atoms with Crippen molar-refractivity contribution in [3.63, 3.8) is 0 Å². The molecule has 1 aromatic heterocycles. The van der Waals surface area contributed by atoms with Gasteiger partial charge < -0.3 is 11.5 Å². The molecule has 94 valence electrons. The van der Waals surface area contributed by atoms with Crippen molar-refractivity contribution in [3.05, 3.63) is 18.5 Å². The average molecular weight is 258 g/mol. The molecule has 0 saturated carbocycles. The Kier molecular flexibility index (Phi) is 3.39. The lowest BCUT2D eigenvalue weighted by atomic mass is 10.1. The van der Waals surface area contributed by atoms with Gasteiger partial charge in [0.2, 0.25) is 15.9 Å². The summed E-state index contributed by atoms with van der Waals surface area (Å²) in [6.07, 6.45) is 2.47. The Morgan fingerprint density at radius 2 is 2.06 bits per heavy atom. The number of amides is 1. The summed E-state index contributed by atoms with van der Waals surface area (Å²) in [7, 11) is -3.93. The van der Waals surface area contributed by atoms with E-state index in [1.54, 1.807) is 0 Å². The monoisotopic (exact) mass is 258 g/mol. The van der Waals surface area contributed by atoms with Crippen LogP contribution in [0.15, 0.2) is 23.4 Å². The van der Waals surface area contributed by atoms with E-state index in [4.69, 9.17) is 11.5 Å². The van der Waals surface area contributed by atoms with Gasteiger partial charge in [-0.1, -0.05) is 0 Å². The molecule has 0 radical (unpaired) electrons. The van der Waals surface area contributed by atoms with E-state index in [0.29, 0.717) is 0 Å². The largest absolute Gasteiger partial charge is 0.398 e. The Morgan fingerprint density at radius 3 is 2.53 bits per heavy atom. The number of aromatic nitrogens is 1. The number of primary amides is 1. The first kappa shape index (κ1) is 13.4. The van der Waals surface area contributed by atoms with Crippen LogP contribution in [0.3, 0.4) is 0 Å². The second-order valence-electron chi connectivity index (χ2n) is 4.01. The van der Waals surface area contributed by atoms with Gasteiger partial charge in [0.25, 0.3) is 0 Å². The Morgan fingerprint density at radius 1 is 1.47 bits per heavy atom. The molecule has 1 rings (SSSR count). The van der Waals surface area contributed by atoms with Crippen LogP contribution in [0.5, 0.6) is 0 Å². The van der Waals surface area contributed by atoms with Gasteiger partial charge in [-0.05, 0) is 19.9 Å². The lowest BCUT2D eigenvalue weighted by molar-refractivity contribution is -0.122. The molecule has 0 saturated heterocycles. The fourth-order valence-electron chi connectivity index (χ4n) is 1.06. The van der Waals surface area contributed by atoms with Crippen molar-refractivity contribution in [2.75, 3.05) is 5.73 Å². The first-order valence-corrected chi connectivity index (χ1v) is 6.18. The number of rotatable bonds is 4. The van der Waals surface area contributed by atoms with Gasteiger partial charge in [-0.2, -0.15) is 4.72 Å². The third-order valence-corrected chi connectivity index (χ3v) is 3.81. The topological polar surface area (TPSA) is 128 Å². The molecular formula is C9H14N4O3S. The molecule has 0 fully saturated rings. The maximum absolute atomic E-state index is 11.9. The van der Waals surface area contributed by atoms with Gasteiger partial charge in [0.05, 0.1) is 5.69 Å². The van der Waals surface area contributed by atoms with Gasteiger partial charge in [-0.15, -0.1) is 0 Å². The van der Waals surface area contributed by atoms with Crippen molar-refractivity contribution < 1.29 is 13.2 Å². The molecule has 0 bridgehead atoms. The number of anilines is 1. The van der Waals surface area contributed by atoms with Crippen LogP contribution in [0, 0.1) is 0 Å². The number of nitrogens with zero attached hydrogens (tertiary/aromatic N) is 1. The number of hydrogen-bond acceptors (Lipinski definition) is 5. The van der Waals surface area contributed by atoms with Gasteiger partial charge >= 0.3 is 0 Å². The first-order chi connectivity index (χ1) is 7.67. The van der Waals surface area contributed by atoms with E-state index in [0.717, 1.165) is 6.20 Å². The Hall–Kier alpha value is -1.67. The summed E-state index contributed by atoms with van der Waals surface area (Å²) in [5.74, 6) is -0.788. The highest BCUT2D eigenvalue weighted by Crippen LogP contribution is 2.17. The zero-order chi connectivity index (χ0) is 13.3. The molecule has 1 amide bonds. The van der Waals surface area contributed by atoms with E-state index in [2.05, 4.69) is 9.71 Å². The molecule has 0 aliphatic heterocycles. The molecule has 0 aromatic carbocycles. The molecule has 0 unspecified atom stereocenters. The minimum absolute atomic E-state index is 0.0489. The number of carbonyl (C=O) groups excluding carboxylic acids is 1. The molecule has 0 atom stereocenters. The van der Waals surface area contributed by atoms with Crippen molar-refractivity contribution in [1.82, 2.24) is 9.71 Å². The van der Waals surface area contributed by atoms with Crippen molar-refractivity contribution >= 4 is 21.6 Å². The number of nitrogens with two attached hydrogens (primary N) is 2. The Labute approximate surface area is 99.3 Å². The van der Waals surface area contributed by atoms with Crippen LogP contribution < -0.4 is 16.2 Å². The zero-order valence-corrected chi connectivity index (χ0v) is 10.3. The van der Waals surface area contributed by atoms with Crippen molar-refractivity contribution in [2.24, 2.45) is 5.73 Å². The highest BCUT2D eigenvalue weighted by atomic mass is 32.2. The highest BCUT2D eigenvalue weighted by molar-refractivity contribution is 7.89. The van der Waals surface area contributed by atoms with Crippen LogP contribution in [0.25, 0.3) is 0 Å². The van der Waals surface area contributed by atoms with Crippen LogP contribution in [-0.2, 0) is 14.8 Å². The third kappa shape index (κ3) is 2.92. The fraction of sp³-hybridized carbons (Fsp3) is 0.333. The number of nitrogens with one attached hydrogen (secondary N) is 1. The molecule has 0 spiro atoms. The molecule has 5 N–H and O–H groups in total. The molecular weight excluding hydrogens is 244 g/mol. The summed E-state index contributed by atoms with van der Waals surface area (Å²) in [6, 6.07) is 1.35. The lowest BCUT2D eigenvalue weighted by Gasteiger charge is -2.22. The van der Waals surface area contributed by atoms with Gasteiger partial charge in [0, 0.05) is 12.4 Å². The fourth-order valence-corrected chi connectivity index (χ4v) is 2.52. The standard InChI is InChI=1S/C9H14N4O3S/c1-9(2,8(11)14)13-17(15,16)7-5-12-4-3-6(7)10/h3-5,13H,1-2H3,(H2,10,12)(H2,11,14). The predicted octanol–water partition coefficient (Wildman–Crippen LogP) is -0.794. The van der Waals surface area contributed by atoms with Crippen LogP contribution in [-0.4, -0.2) is 24.8 Å². The van der Waals surface area contributed by atoms with Gasteiger partial charge in [0.1, 0.15) is 10.4 Å². The Balaban J connectivity index is 3.15. The van der Waals surface area contributed by atoms with E-state index < -0.39 is 21.5 Å². The summed E-state index contributed by atoms with van der Waals surface area (Å²) >= 11 is 0. The quantitative estimate of drug-likeness (QED) is 0.651. The van der Waals surface area contributed by atoms with E-state index in [1.165, 1.54) is 26.1 Å². The normalized spacial score (nSPS) is 12.4. The number of nitrogen functional groups attached to an aromatic ring is 1. The highest BCUT2D eigenvalue weighted by Gasteiger charge is 2.32. The first-order valence-electron chi connectivity index (χ1n) is 4.70. The lowest BCUT2D eigenvalue weighted by Crippen LogP contribution is -2.52. The Bertz CT molecular complexity index is 539. The summed E-state index contributed by atoms with van der Waals surface area (Å²) in [6.45, 7) is 2.72. The number of pyridine rings is 1. The third-order valence-electron chi connectivity index (χ3n) is 2.11. The van der Waals surface area contributed by atoms with Gasteiger partial charge in [-0.3, -0.25) is 9.78 Å². The van der Waals surface area contributed by atoms with E-state index in [1.807, 2.05) is 0 Å². The molecule has 0 aliphatic rings. The summed E-state index contributed by atoms with van der Waals surface area (Å²) in [5.41, 5.74) is 9.25. The molecule has 17 heavy (non-hydrogen) atoms. The number of carbonyl (C=O) groups is 1. The van der Waals surface area contributed by atoms with Crippen LogP contribution in [0.2, 0.25) is 0 Å². The molecule has 1 heterocycles. The average Bonchev–Trinajstić information content (AvgIpc) is 2.16.